The Hall–Kier alpha value is -1.62. The van der Waals surface area contributed by atoms with Gasteiger partial charge in [0.15, 0.2) is 0 Å². The van der Waals surface area contributed by atoms with Gasteiger partial charge in [0.25, 0.3) is 5.91 Å². The maximum Gasteiger partial charge on any atom is 0.257 e. The zero-order chi connectivity index (χ0) is 15.4. The number of hydrogen-bond donors (Lipinski definition) is 2. The number of nitrogens with zero attached hydrogens (tertiary/aromatic N) is 2. The van der Waals surface area contributed by atoms with Crippen LogP contribution < -0.4 is 5.32 Å². The molecule has 3 rings (SSSR count). The zero-order valence-corrected chi connectivity index (χ0v) is 13.0. The van der Waals surface area contributed by atoms with Crippen molar-refractivity contribution >= 4 is 11.7 Å². The van der Waals surface area contributed by atoms with Crippen molar-refractivity contribution in [3.8, 4) is 0 Å². The van der Waals surface area contributed by atoms with Crippen LogP contribution in [-0.4, -0.2) is 46.6 Å². The molecule has 5 nitrogen and oxygen atoms in total. The number of carbonyl (C=O) groups is 1. The highest BCUT2D eigenvalue weighted by Gasteiger charge is 2.26. The van der Waals surface area contributed by atoms with Crippen LogP contribution in [0, 0.1) is 5.92 Å². The summed E-state index contributed by atoms with van der Waals surface area (Å²) in [5.41, 5.74) is 0.650. The van der Waals surface area contributed by atoms with Gasteiger partial charge < -0.3 is 15.3 Å². The highest BCUT2D eigenvalue weighted by Crippen LogP contribution is 2.26. The maximum atomic E-state index is 12.7. The molecule has 1 aliphatic heterocycles. The summed E-state index contributed by atoms with van der Waals surface area (Å²) < 4.78 is 0. The Labute approximate surface area is 131 Å². The molecule has 0 radical (unpaired) electrons. The Morgan fingerprint density at radius 2 is 2.09 bits per heavy atom. The lowest BCUT2D eigenvalue weighted by atomic mass is 10.1. The van der Waals surface area contributed by atoms with E-state index in [4.69, 9.17) is 0 Å². The first kappa shape index (κ1) is 15.3. The van der Waals surface area contributed by atoms with Crippen LogP contribution in [0.25, 0.3) is 0 Å². The van der Waals surface area contributed by atoms with Gasteiger partial charge >= 0.3 is 0 Å². The SMILES string of the molecule is O=C(c1cccnc1NCC1CCCC1O)N1CCCCC1. The first-order valence-corrected chi connectivity index (χ1v) is 8.42. The smallest absolute Gasteiger partial charge is 0.257 e. The third-order valence-electron chi connectivity index (χ3n) is 4.83. The van der Waals surface area contributed by atoms with Gasteiger partial charge in [0.2, 0.25) is 0 Å². The minimum absolute atomic E-state index is 0.0715. The first-order chi connectivity index (χ1) is 10.8. The molecule has 0 aromatic carbocycles. The lowest BCUT2D eigenvalue weighted by Crippen LogP contribution is -2.36. The molecule has 5 heteroatoms. The van der Waals surface area contributed by atoms with Crippen molar-refractivity contribution in [1.82, 2.24) is 9.88 Å². The number of nitrogens with one attached hydrogen (secondary N) is 1. The predicted octanol–water partition coefficient (Wildman–Crippen LogP) is 2.28. The van der Waals surface area contributed by atoms with Gasteiger partial charge in [-0.25, -0.2) is 4.98 Å². The molecular weight excluding hydrogens is 278 g/mol. The van der Waals surface area contributed by atoms with Gasteiger partial charge in [0.1, 0.15) is 5.82 Å². The van der Waals surface area contributed by atoms with Crippen molar-refractivity contribution in [1.29, 1.82) is 0 Å². The maximum absolute atomic E-state index is 12.7. The molecule has 2 atom stereocenters. The summed E-state index contributed by atoms with van der Waals surface area (Å²) in [5.74, 6) is 0.986. The molecule has 22 heavy (non-hydrogen) atoms. The standard InChI is InChI=1S/C17H25N3O2/c21-15-8-4-6-13(15)12-19-16-14(7-5-9-18-16)17(22)20-10-2-1-3-11-20/h5,7,9,13,15,21H,1-4,6,8,10-12H2,(H,18,19). The molecule has 2 heterocycles. The highest BCUT2D eigenvalue weighted by molar-refractivity contribution is 5.98. The number of amides is 1. The molecule has 1 saturated carbocycles. The topological polar surface area (TPSA) is 65.5 Å². The van der Waals surface area contributed by atoms with E-state index in [1.807, 2.05) is 17.0 Å². The van der Waals surface area contributed by atoms with Crippen LogP contribution in [0.4, 0.5) is 5.82 Å². The fourth-order valence-corrected chi connectivity index (χ4v) is 3.47. The van der Waals surface area contributed by atoms with Crippen molar-refractivity contribution in [3.05, 3.63) is 23.9 Å². The number of carbonyl (C=O) groups excluding carboxylic acids is 1. The van der Waals surface area contributed by atoms with Crippen molar-refractivity contribution < 1.29 is 9.90 Å². The average molecular weight is 303 g/mol. The van der Waals surface area contributed by atoms with E-state index in [1.54, 1.807) is 6.20 Å². The number of aromatic nitrogens is 1. The summed E-state index contributed by atoms with van der Waals surface area (Å²) in [6, 6.07) is 3.66. The van der Waals surface area contributed by atoms with Crippen LogP contribution >= 0.6 is 0 Å². The van der Waals surface area contributed by atoms with Gasteiger partial charge in [-0.05, 0) is 44.2 Å². The van der Waals surface area contributed by atoms with E-state index in [-0.39, 0.29) is 17.9 Å². The lowest BCUT2D eigenvalue weighted by Gasteiger charge is -2.27. The van der Waals surface area contributed by atoms with Gasteiger partial charge in [-0.15, -0.1) is 0 Å². The minimum Gasteiger partial charge on any atom is -0.393 e. The quantitative estimate of drug-likeness (QED) is 0.895. The van der Waals surface area contributed by atoms with E-state index in [9.17, 15) is 9.90 Å². The molecule has 0 bridgehead atoms. The van der Waals surface area contributed by atoms with Crippen LogP contribution in [0.1, 0.15) is 48.9 Å². The van der Waals surface area contributed by atoms with Crippen LogP contribution in [0.3, 0.4) is 0 Å². The number of pyridine rings is 1. The molecular formula is C17H25N3O2. The molecule has 2 fully saturated rings. The third kappa shape index (κ3) is 3.40. The van der Waals surface area contributed by atoms with E-state index in [2.05, 4.69) is 10.3 Å². The van der Waals surface area contributed by atoms with E-state index in [0.717, 1.165) is 45.2 Å². The second-order valence-electron chi connectivity index (χ2n) is 6.39. The van der Waals surface area contributed by atoms with E-state index in [0.29, 0.717) is 17.9 Å². The summed E-state index contributed by atoms with van der Waals surface area (Å²) in [6.45, 7) is 2.36. The molecule has 1 aromatic heterocycles. The second kappa shape index (κ2) is 7.09. The number of piperidine rings is 1. The third-order valence-corrected chi connectivity index (χ3v) is 4.83. The number of aliphatic hydroxyl groups is 1. The van der Waals surface area contributed by atoms with Crippen molar-refractivity contribution in [3.63, 3.8) is 0 Å². The number of likely N-dealkylation sites (tertiary alicyclic amines) is 1. The fourth-order valence-electron chi connectivity index (χ4n) is 3.47. The van der Waals surface area contributed by atoms with Gasteiger partial charge in [-0.1, -0.05) is 6.42 Å². The van der Waals surface area contributed by atoms with Crippen molar-refractivity contribution in [2.45, 2.75) is 44.6 Å². The van der Waals surface area contributed by atoms with Crippen LogP contribution in [-0.2, 0) is 0 Å². The van der Waals surface area contributed by atoms with Gasteiger partial charge in [-0.2, -0.15) is 0 Å². The summed E-state index contributed by atoms with van der Waals surface area (Å²) in [4.78, 5) is 18.9. The molecule has 1 aliphatic carbocycles. The summed E-state index contributed by atoms with van der Waals surface area (Å²) in [5, 5.41) is 13.2. The van der Waals surface area contributed by atoms with Gasteiger partial charge in [-0.3, -0.25) is 4.79 Å². The van der Waals surface area contributed by atoms with Crippen LogP contribution in [0.5, 0.6) is 0 Å². The van der Waals surface area contributed by atoms with Gasteiger partial charge in [0, 0.05) is 31.7 Å². The molecule has 120 valence electrons. The van der Waals surface area contributed by atoms with Crippen LogP contribution in [0.15, 0.2) is 18.3 Å². The zero-order valence-electron chi connectivity index (χ0n) is 13.0. The molecule has 1 aromatic rings. The van der Waals surface area contributed by atoms with E-state index < -0.39 is 0 Å². The Morgan fingerprint density at radius 3 is 2.82 bits per heavy atom. The number of hydrogen-bond acceptors (Lipinski definition) is 4. The Kier molecular flexibility index (Phi) is 4.93. The second-order valence-corrected chi connectivity index (χ2v) is 6.39. The minimum atomic E-state index is -0.225. The van der Waals surface area contributed by atoms with Gasteiger partial charge in [0.05, 0.1) is 11.7 Å². The summed E-state index contributed by atoms with van der Waals surface area (Å²) in [6.07, 6.45) is 7.87. The molecule has 0 spiro atoms. The Morgan fingerprint density at radius 1 is 1.27 bits per heavy atom. The van der Waals surface area contributed by atoms with Crippen molar-refractivity contribution in [2.24, 2.45) is 5.92 Å². The van der Waals surface area contributed by atoms with E-state index in [1.165, 1.54) is 6.42 Å². The first-order valence-electron chi connectivity index (χ1n) is 8.42. The molecule has 2 aliphatic rings. The molecule has 2 unspecified atom stereocenters. The molecule has 1 amide bonds. The normalized spacial score (nSPS) is 25.2. The Balaban J connectivity index is 1.67. The fraction of sp³-hybridized carbons (Fsp3) is 0.647. The monoisotopic (exact) mass is 303 g/mol. The number of aliphatic hydroxyl groups excluding tert-OH is 1. The Bertz CT molecular complexity index is 514. The molecule has 2 N–H and O–H groups in total. The predicted molar refractivity (Wildman–Crippen MR) is 85.8 cm³/mol. The number of anilines is 1. The van der Waals surface area contributed by atoms with E-state index >= 15 is 0 Å². The van der Waals surface area contributed by atoms with Crippen molar-refractivity contribution in [2.75, 3.05) is 25.0 Å². The average Bonchev–Trinajstić information content (AvgIpc) is 2.98. The lowest BCUT2D eigenvalue weighted by molar-refractivity contribution is 0.0725. The highest BCUT2D eigenvalue weighted by atomic mass is 16.3. The van der Waals surface area contributed by atoms with Crippen LogP contribution in [0.2, 0.25) is 0 Å². The summed E-state index contributed by atoms with van der Waals surface area (Å²) >= 11 is 0. The summed E-state index contributed by atoms with van der Waals surface area (Å²) in [7, 11) is 0. The number of rotatable bonds is 4. The molecule has 1 saturated heterocycles. The largest absolute Gasteiger partial charge is 0.393 e.